The largest absolute Gasteiger partial charge is 0.339 e. The quantitative estimate of drug-likeness (QED) is 0.795. The second-order valence-electron chi connectivity index (χ2n) is 6.68. The fraction of sp³-hybridized carbons (Fsp3) is 0.526. The van der Waals surface area contributed by atoms with Gasteiger partial charge in [-0.15, -0.1) is 0 Å². The molecule has 0 aliphatic carbocycles. The van der Waals surface area contributed by atoms with E-state index >= 15 is 0 Å². The number of nitrogens with zero attached hydrogens (tertiary/aromatic N) is 3. The first kappa shape index (κ1) is 16.2. The molecule has 0 radical (unpaired) electrons. The highest BCUT2D eigenvalue weighted by Gasteiger charge is 2.23. The summed E-state index contributed by atoms with van der Waals surface area (Å²) in [5.41, 5.74) is 2.80. The van der Waals surface area contributed by atoms with Crippen LogP contribution in [0.5, 0.6) is 0 Å². The minimum Gasteiger partial charge on any atom is -0.339 e. The molecule has 0 saturated carbocycles. The Labute approximate surface area is 139 Å². The zero-order chi connectivity index (χ0) is 16.1. The molecule has 0 unspecified atom stereocenters. The van der Waals surface area contributed by atoms with E-state index in [1.807, 2.05) is 4.90 Å². The molecular formula is C19H27N3O. The number of carbonyl (C=O) groups is 1. The molecule has 1 amide bonds. The van der Waals surface area contributed by atoms with Gasteiger partial charge in [0.05, 0.1) is 6.54 Å². The second-order valence-corrected chi connectivity index (χ2v) is 6.68. The Kier molecular flexibility index (Phi) is 5.47. The maximum absolute atomic E-state index is 12.5. The topological polar surface area (TPSA) is 26.8 Å². The van der Waals surface area contributed by atoms with Crippen LogP contribution in [0.3, 0.4) is 0 Å². The SMILES string of the molecule is CC1=CCN(CC(=O)N2CCN(Cc3ccccc3)CC2)CC1. The van der Waals surface area contributed by atoms with Gasteiger partial charge in [0.2, 0.25) is 5.91 Å². The van der Waals surface area contributed by atoms with E-state index in [0.29, 0.717) is 6.54 Å². The summed E-state index contributed by atoms with van der Waals surface area (Å²) in [6.45, 7) is 9.32. The summed E-state index contributed by atoms with van der Waals surface area (Å²) in [5.74, 6) is 0.289. The van der Waals surface area contributed by atoms with Gasteiger partial charge >= 0.3 is 0 Å². The van der Waals surface area contributed by atoms with Crippen LogP contribution < -0.4 is 0 Å². The van der Waals surface area contributed by atoms with Crippen molar-refractivity contribution in [2.24, 2.45) is 0 Å². The Morgan fingerprint density at radius 1 is 1.00 bits per heavy atom. The van der Waals surface area contributed by atoms with Crippen LogP contribution in [0.25, 0.3) is 0 Å². The number of piperazine rings is 1. The lowest BCUT2D eigenvalue weighted by molar-refractivity contribution is -0.134. The molecule has 124 valence electrons. The van der Waals surface area contributed by atoms with Gasteiger partial charge in [0.1, 0.15) is 0 Å². The lowest BCUT2D eigenvalue weighted by Gasteiger charge is -2.36. The van der Waals surface area contributed by atoms with Crippen LogP contribution in [-0.2, 0) is 11.3 Å². The fourth-order valence-corrected chi connectivity index (χ4v) is 3.24. The van der Waals surface area contributed by atoms with Crippen molar-refractivity contribution in [3.8, 4) is 0 Å². The maximum atomic E-state index is 12.5. The van der Waals surface area contributed by atoms with Crippen LogP contribution in [0.4, 0.5) is 0 Å². The van der Waals surface area contributed by atoms with Gasteiger partial charge in [0.25, 0.3) is 0 Å². The first-order valence-corrected chi connectivity index (χ1v) is 8.63. The highest BCUT2D eigenvalue weighted by atomic mass is 16.2. The average Bonchev–Trinajstić information content (AvgIpc) is 2.58. The highest BCUT2D eigenvalue weighted by Crippen LogP contribution is 2.11. The molecule has 1 fully saturated rings. The molecule has 1 aromatic carbocycles. The number of rotatable bonds is 4. The van der Waals surface area contributed by atoms with Gasteiger partial charge in [0, 0.05) is 45.8 Å². The summed E-state index contributed by atoms with van der Waals surface area (Å²) < 4.78 is 0. The first-order chi connectivity index (χ1) is 11.2. The molecule has 4 nitrogen and oxygen atoms in total. The summed E-state index contributed by atoms with van der Waals surface area (Å²) in [4.78, 5) is 19.2. The maximum Gasteiger partial charge on any atom is 0.236 e. The Morgan fingerprint density at radius 3 is 2.39 bits per heavy atom. The van der Waals surface area contributed by atoms with Crippen LogP contribution in [-0.4, -0.2) is 66.4 Å². The summed E-state index contributed by atoms with van der Waals surface area (Å²) in [7, 11) is 0. The van der Waals surface area contributed by atoms with Gasteiger partial charge in [0.15, 0.2) is 0 Å². The zero-order valence-corrected chi connectivity index (χ0v) is 14.1. The van der Waals surface area contributed by atoms with E-state index < -0.39 is 0 Å². The fourth-order valence-electron chi connectivity index (χ4n) is 3.24. The molecular weight excluding hydrogens is 286 g/mol. The molecule has 3 rings (SSSR count). The van der Waals surface area contributed by atoms with Gasteiger partial charge in [-0.2, -0.15) is 0 Å². The third kappa shape index (κ3) is 4.66. The molecule has 2 heterocycles. The van der Waals surface area contributed by atoms with Gasteiger partial charge in [-0.1, -0.05) is 42.0 Å². The molecule has 1 saturated heterocycles. The van der Waals surface area contributed by atoms with Gasteiger partial charge in [-0.05, 0) is 18.9 Å². The Hall–Kier alpha value is -1.65. The number of amides is 1. The van der Waals surface area contributed by atoms with Crippen LogP contribution in [0, 0.1) is 0 Å². The molecule has 4 heteroatoms. The van der Waals surface area contributed by atoms with Crippen LogP contribution in [0.1, 0.15) is 18.9 Å². The van der Waals surface area contributed by atoms with E-state index in [0.717, 1.165) is 52.2 Å². The van der Waals surface area contributed by atoms with Crippen molar-refractivity contribution >= 4 is 5.91 Å². The Morgan fingerprint density at radius 2 is 1.74 bits per heavy atom. The van der Waals surface area contributed by atoms with Crippen molar-refractivity contribution in [2.45, 2.75) is 19.9 Å². The lowest BCUT2D eigenvalue weighted by atomic mass is 10.1. The molecule has 2 aliphatic heterocycles. The molecule has 0 bridgehead atoms. The highest BCUT2D eigenvalue weighted by molar-refractivity contribution is 5.78. The Balaban J connectivity index is 1.42. The van der Waals surface area contributed by atoms with Crippen molar-refractivity contribution in [3.05, 3.63) is 47.5 Å². The van der Waals surface area contributed by atoms with E-state index in [1.54, 1.807) is 0 Å². The first-order valence-electron chi connectivity index (χ1n) is 8.63. The summed E-state index contributed by atoms with van der Waals surface area (Å²) in [6, 6.07) is 10.6. The van der Waals surface area contributed by atoms with E-state index in [9.17, 15) is 4.79 Å². The van der Waals surface area contributed by atoms with Gasteiger partial charge < -0.3 is 4.90 Å². The van der Waals surface area contributed by atoms with E-state index in [-0.39, 0.29) is 5.91 Å². The van der Waals surface area contributed by atoms with Crippen LogP contribution >= 0.6 is 0 Å². The predicted molar refractivity (Wildman–Crippen MR) is 93.1 cm³/mol. The van der Waals surface area contributed by atoms with Crippen molar-refractivity contribution in [2.75, 3.05) is 45.8 Å². The van der Waals surface area contributed by atoms with Crippen molar-refractivity contribution in [1.29, 1.82) is 0 Å². The van der Waals surface area contributed by atoms with E-state index in [1.165, 1.54) is 11.1 Å². The van der Waals surface area contributed by atoms with E-state index in [2.05, 4.69) is 53.1 Å². The predicted octanol–water partition coefficient (Wildman–Crippen LogP) is 1.98. The average molecular weight is 313 g/mol. The standard InChI is InChI=1S/C19H27N3O/c1-17-7-9-20(10-8-17)16-19(23)22-13-11-21(12-14-22)15-18-5-3-2-4-6-18/h2-7H,8-16H2,1H3. The molecule has 0 spiro atoms. The molecule has 2 aliphatic rings. The minimum absolute atomic E-state index is 0.289. The van der Waals surface area contributed by atoms with Crippen molar-refractivity contribution < 1.29 is 4.79 Å². The van der Waals surface area contributed by atoms with E-state index in [4.69, 9.17) is 0 Å². The third-order valence-electron chi connectivity index (χ3n) is 4.85. The molecule has 1 aromatic rings. The number of benzene rings is 1. The monoisotopic (exact) mass is 313 g/mol. The second kappa shape index (κ2) is 7.75. The van der Waals surface area contributed by atoms with Crippen molar-refractivity contribution in [1.82, 2.24) is 14.7 Å². The lowest BCUT2D eigenvalue weighted by Crippen LogP contribution is -2.51. The molecule has 23 heavy (non-hydrogen) atoms. The summed E-state index contributed by atoms with van der Waals surface area (Å²) in [5, 5.41) is 0. The number of hydrogen-bond acceptors (Lipinski definition) is 3. The van der Waals surface area contributed by atoms with Crippen molar-refractivity contribution in [3.63, 3.8) is 0 Å². The summed E-state index contributed by atoms with van der Waals surface area (Å²) in [6.07, 6.45) is 3.34. The third-order valence-corrected chi connectivity index (χ3v) is 4.85. The minimum atomic E-state index is 0.289. The van der Waals surface area contributed by atoms with Gasteiger partial charge in [-0.3, -0.25) is 14.6 Å². The normalized spacial score (nSPS) is 20.4. The molecule has 0 N–H and O–H groups in total. The Bertz CT molecular complexity index is 547. The zero-order valence-electron chi connectivity index (χ0n) is 14.1. The van der Waals surface area contributed by atoms with Crippen LogP contribution in [0.15, 0.2) is 42.0 Å². The number of carbonyl (C=O) groups excluding carboxylic acids is 1. The number of hydrogen-bond donors (Lipinski definition) is 0. The molecule has 0 atom stereocenters. The van der Waals surface area contributed by atoms with Crippen LogP contribution in [0.2, 0.25) is 0 Å². The summed E-state index contributed by atoms with van der Waals surface area (Å²) >= 11 is 0. The molecule has 0 aromatic heterocycles. The smallest absolute Gasteiger partial charge is 0.236 e. The van der Waals surface area contributed by atoms with Gasteiger partial charge in [-0.25, -0.2) is 0 Å².